The number of nitrogens with two attached hydrogens (primary N) is 1. The highest BCUT2D eigenvalue weighted by Crippen LogP contribution is 2.32. The normalized spacial score (nSPS) is 12.1. The van der Waals surface area contributed by atoms with Gasteiger partial charge in [-0.15, -0.1) is 0 Å². The highest BCUT2D eigenvalue weighted by Gasteiger charge is 2.13. The average Bonchev–Trinajstić information content (AvgIpc) is 2.68. The van der Waals surface area contributed by atoms with Crippen molar-refractivity contribution in [2.24, 2.45) is 0 Å². The number of carbonyl (C=O) groups excluding carboxylic acids is 1. The molecule has 1 unspecified atom stereocenters. The molecule has 31 heavy (non-hydrogen) atoms. The van der Waals surface area contributed by atoms with Gasteiger partial charge in [0.1, 0.15) is 30.3 Å². The first-order valence-corrected chi connectivity index (χ1v) is 10.4. The van der Waals surface area contributed by atoms with E-state index in [1.165, 1.54) is 12.4 Å². The first-order chi connectivity index (χ1) is 14.7. The van der Waals surface area contributed by atoms with Crippen molar-refractivity contribution in [3.8, 4) is 5.75 Å². The van der Waals surface area contributed by atoms with E-state index in [2.05, 4.69) is 36.5 Å². The van der Waals surface area contributed by atoms with Crippen molar-refractivity contribution in [2.45, 2.75) is 13.0 Å². The van der Waals surface area contributed by atoms with E-state index >= 15 is 0 Å². The number of hydrogen-bond acceptors (Lipinski definition) is 7. The number of fused-ring (bicyclic) bond motifs is 1. The third-order valence-electron chi connectivity index (χ3n) is 4.31. The zero-order chi connectivity index (χ0) is 22.5. The maximum atomic E-state index is 14.2. The van der Waals surface area contributed by atoms with Crippen LogP contribution in [0.3, 0.4) is 0 Å². The van der Waals surface area contributed by atoms with E-state index in [4.69, 9.17) is 10.5 Å². The van der Waals surface area contributed by atoms with Gasteiger partial charge in [0, 0.05) is 15.9 Å². The number of benzene rings is 2. The highest BCUT2D eigenvalue weighted by molar-refractivity contribution is 9.10. The molecule has 1 aromatic heterocycles. The lowest BCUT2D eigenvalue weighted by atomic mass is 10.2. The van der Waals surface area contributed by atoms with Crippen LogP contribution >= 0.6 is 15.9 Å². The molecule has 3 aromatic rings. The third kappa shape index (κ3) is 6.02. The summed E-state index contributed by atoms with van der Waals surface area (Å²) in [4.78, 5) is 22.1. The van der Waals surface area contributed by atoms with Gasteiger partial charge >= 0.3 is 0 Å². The molecule has 0 bridgehead atoms. The molecular formula is C21H24BrFN6O2. The van der Waals surface area contributed by atoms with Crippen molar-refractivity contribution in [1.29, 1.82) is 0 Å². The van der Waals surface area contributed by atoms with Crippen molar-refractivity contribution in [3.05, 3.63) is 46.9 Å². The van der Waals surface area contributed by atoms with Gasteiger partial charge in [-0.05, 0) is 45.3 Å². The van der Waals surface area contributed by atoms with Crippen LogP contribution in [0.2, 0.25) is 0 Å². The Bertz CT molecular complexity index is 1090. The molecule has 164 valence electrons. The van der Waals surface area contributed by atoms with Crippen LogP contribution in [0.1, 0.15) is 6.92 Å². The van der Waals surface area contributed by atoms with Crippen molar-refractivity contribution < 1.29 is 13.9 Å². The number of nitrogen functional groups attached to an aromatic ring is 1. The van der Waals surface area contributed by atoms with Gasteiger partial charge in [-0.1, -0.05) is 15.9 Å². The Labute approximate surface area is 188 Å². The van der Waals surface area contributed by atoms with Crippen molar-refractivity contribution in [3.63, 3.8) is 0 Å². The molecular weight excluding hydrogens is 467 g/mol. The Hall–Kier alpha value is -2.98. The zero-order valence-electron chi connectivity index (χ0n) is 17.4. The molecule has 3 rings (SSSR count). The van der Waals surface area contributed by atoms with E-state index in [-0.39, 0.29) is 24.2 Å². The summed E-state index contributed by atoms with van der Waals surface area (Å²) < 4.78 is 20.6. The number of amides is 1. The van der Waals surface area contributed by atoms with E-state index in [0.29, 0.717) is 39.2 Å². The minimum atomic E-state index is -0.417. The van der Waals surface area contributed by atoms with Crippen LogP contribution in [0.5, 0.6) is 5.75 Å². The molecule has 8 nitrogen and oxygen atoms in total. The fourth-order valence-corrected chi connectivity index (χ4v) is 3.24. The largest absolute Gasteiger partial charge is 0.489 e. The standard InChI is InChI=1S/C21H24BrFN6O2/c1-12(27-20(30)9-29(2)3)10-31-19-8-18-14(7-16(19)24)21(26-11-25-18)28-17-5-4-13(22)6-15(17)23/h4-8,11-12H,9-10,24H2,1-3H3,(H,27,30)(H,25,26,28). The van der Waals surface area contributed by atoms with Crippen LogP contribution in [0, 0.1) is 5.82 Å². The van der Waals surface area contributed by atoms with Crippen molar-refractivity contribution in [2.75, 3.05) is 38.3 Å². The Morgan fingerprint density at radius 3 is 2.77 bits per heavy atom. The smallest absolute Gasteiger partial charge is 0.234 e. The van der Waals surface area contributed by atoms with Crippen LogP contribution < -0.4 is 21.1 Å². The molecule has 4 N–H and O–H groups in total. The van der Waals surface area contributed by atoms with Gasteiger partial charge < -0.3 is 26.0 Å². The number of likely N-dealkylation sites (N-methyl/N-ethyl adjacent to an activating group) is 1. The van der Waals surface area contributed by atoms with E-state index < -0.39 is 5.82 Å². The SMILES string of the molecule is CC(COc1cc2ncnc(Nc3ccc(Br)cc3F)c2cc1N)NC(=O)CN(C)C. The molecule has 1 atom stereocenters. The van der Waals surface area contributed by atoms with E-state index in [9.17, 15) is 9.18 Å². The molecule has 1 amide bonds. The van der Waals surface area contributed by atoms with Gasteiger partial charge in [0.15, 0.2) is 0 Å². The van der Waals surface area contributed by atoms with Gasteiger partial charge in [0.05, 0.1) is 29.5 Å². The minimum absolute atomic E-state index is 0.0868. The monoisotopic (exact) mass is 490 g/mol. The summed E-state index contributed by atoms with van der Waals surface area (Å²) in [7, 11) is 3.65. The lowest BCUT2D eigenvalue weighted by Crippen LogP contribution is -2.41. The van der Waals surface area contributed by atoms with Crippen molar-refractivity contribution in [1.82, 2.24) is 20.2 Å². The summed E-state index contributed by atoms with van der Waals surface area (Å²) in [5, 5.41) is 6.47. The second kappa shape index (κ2) is 9.88. The van der Waals surface area contributed by atoms with E-state index in [1.807, 2.05) is 21.0 Å². The number of aromatic nitrogens is 2. The van der Waals surface area contributed by atoms with Gasteiger partial charge in [0.2, 0.25) is 5.91 Å². The number of anilines is 3. The van der Waals surface area contributed by atoms with E-state index in [0.717, 1.165) is 0 Å². The summed E-state index contributed by atoms with van der Waals surface area (Å²) >= 11 is 3.24. The van der Waals surface area contributed by atoms with E-state index in [1.54, 1.807) is 29.2 Å². The lowest BCUT2D eigenvalue weighted by molar-refractivity contribution is -0.122. The Kier molecular flexibility index (Phi) is 7.24. The fraction of sp³-hybridized carbons (Fsp3) is 0.286. The third-order valence-corrected chi connectivity index (χ3v) is 4.80. The second-order valence-corrected chi connectivity index (χ2v) is 8.31. The van der Waals surface area contributed by atoms with Crippen LogP contribution in [-0.4, -0.2) is 54.1 Å². The molecule has 0 saturated heterocycles. The first-order valence-electron chi connectivity index (χ1n) is 9.56. The number of nitrogens with zero attached hydrogens (tertiary/aromatic N) is 3. The number of hydrogen-bond donors (Lipinski definition) is 3. The number of nitrogens with one attached hydrogen (secondary N) is 2. The summed E-state index contributed by atoms with van der Waals surface area (Å²) in [6.45, 7) is 2.39. The second-order valence-electron chi connectivity index (χ2n) is 7.40. The van der Waals surface area contributed by atoms with Gasteiger partial charge in [-0.3, -0.25) is 4.79 Å². The molecule has 0 saturated carbocycles. The molecule has 0 radical (unpaired) electrons. The Balaban J connectivity index is 1.75. The lowest BCUT2D eigenvalue weighted by Gasteiger charge is -2.18. The van der Waals surface area contributed by atoms with Crippen LogP contribution in [0.4, 0.5) is 21.6 Å². The number of carbonyl (C=O) groups is 1. The Morgan fingerprint density at radius 1 is 1.29 bits per heavy atom. The van der Waals surface area contributed by atoms with Crippen LogP contribution in [0.25, 0.3) is 10.9 Å². The van der Waals surface area contributed by atoms with Crippen LogP contribution in [0.15, 0.2) is 41.1 Å². The number of ether oxygens (including phenoxy) is 1. The molecule has 0 spiro atoms. The predicted octanol–water partition coefficient (Wildman–Crippen LogP) is 3.30. The zero-order valence-corrected chi connectivity index (χ0v) is 19.0. The first kappa shape index (κ1) is 22.7. The maximum absolute atomic E-state index is 14.2. The molecule has 10 heteroatoms. The number of halogens is 2. The van der Waals surface area contributed by atoms with Gasteiger partial charge in [-0.2, -0.15) is 0 Å². The molecule has 0 aliphatic carbocycles. The van der Waals surface area contributed by atoms with Crippen LogP contribution in [-0.2, 0) is 4.79 Å². The minimum Gasteiger partial charge on any atom is -0.489 e. The summed E-state index contributed by atoms with van der Waals surface area (Å²) in [5.41, 5.74) is 7.42. The summed E-state index contributed by atoms with van der Waals surface area (Å²) in [6.07, 6.45) is 1.38. The fourth-order valence-electron chi connectivity index (χ4n) is 2.91. The summed E-state index contributed by atoms with van der Waals surface area (Å²) in [5.74, 6) is 0.366. The maximum Gasteiger partial charge on any atom is 0.234 e. The molecule has 0 aliphatic rings. The van der Waals surface area contributed by atoms with Gasteiger partial charge in [-0.25, -0.2) is 14.4 Å². The molecule has 1 heterocycles. The topological polar surface area (TPSA) is 105 Å². The molecule has 0 aliphatic heterocycles. The number of rotatable bonds is 8. The average molecular weight is 491 g/mol. The summed E-state index contributed by atoms with van der Waals surface area (Å²) in [6, 6.07) is 7.88. The highest BCUT2D eigenvalue weighted by atomic mass is 79.9. The van der Waals surface area contributed by atoms with Crippen molar-refractivity contribution >= 4 is 49.9 Å². The quantitative estimate of drug-likeness (QED) is 0.416. The van der Waals surface area contributed by atoms with Gasteiger partial charge in [0.25, 0.3) is 0 Å². The molecule has 2 aromatic carbocycles. The Morgan fingerprint density at radius 2 is 2.06 bits per heavy atom. The molecule has 0 fully saturated rings. The predicted molar refractivity (Wildman–Crippen MR) is 123 cm³/mol.